The first-order valence-corrected chi connectivity index (χ1v) is 9.48. The molecule has 2 atom stereocenters. The fraction of sp³-hybridized carbons (Fsp3) is 0.318. The van der Waals surface area contributed by atoms with Gasteiger partial charge in [0.15, 0.2) is 0 Å². The maximum absolute atomic E-state index is 12.3. The Bertz CT molecular complexity index is 851. The maximum Gasteiger partial charge on any atom is 0.328 e. The second kappa shape index (κ2) is 9.73. The molecular formula is C22H24N2O5. The van der Waals surface area contributed by atoms with E-state index in [0.717, 1.165) is 11.1 Å². The van der Waals surface area contributed by atoms with Crippen molar-refractivity contribution in [1.82, 2.24) is 10.6 Å². The Balaban J connectivity index is 1.58. The summed E-state index contributed by atoms with van der Waals surface area (Å²) in [5.74, 6) is -0.364. The van der Waals surface area contributed by atoms with Gasteiger partial charge < -0.3 is 20.1 Å². The zero-order chi connectivity index (χ0) is 20.6. The zero-order valence-electron chi connectivity index (χ0n) is 16.2. The first-order chi connectivity index (χ1) is 14.0. The van der Waals surface area contributed by atoms with Gasteiger partial charge in [-0.1, -0.05) is 42.5 Å². The second-order valence-electron chi connectivity index (χ2n) is 6.87. The summed E-state index contributed by atoms with van der Waals surface area (Å²) in [6.07, 6.45) is 1.01. The monoisotopic (exact) mass is 396 g/mol. The molecule has 3 rings (SSSR count). The predicted molar refractivity (Wildman–Crippen MR) is 106 cm³/mol. The lowest BCUT2D eigenvalue weighted by atomic mass is 10.0. The Morgan fingerprint density at radius 3 is 2.45 bits per heavy atom. The number of methoxy groups -OCH3 is 1. The smallest absolute Gasteiger partial charge is 0.328 e. The Morgan fingerprint density at radius 2 is 1.83 bits per heavy atom. The van der Waals surface area contributed by atoms with E-state index in [1.54, 1.807) is 0 Å². The summed E-state index contributed by atoms with van der Waals surface area (Å²) in [6, 6.07) is 15.8. The van der Waals surface area contributed by atoms with Crippen molar-refractivity contribution < 1.29 is 23.9 Å². The summed E-state index contributed by atoms with van der Waals surface area (Å²) < 4.78 is 10.6. The highest BCUT2D eigenvalue weighted by molar-refractivity contribution is 5.93. The summed E-state index contributed by atoms with van der Waals surface area (Å²) in [5.41, 5.74) is 1.92. The number of carbonyl (C=O) groups is 3. The largest absolute Gasteiger partial charge is 0.489 e. The summed E-state index contributed by atoms with van der Waals surface area (Å²) >= 11 is 0. The van der Waals surface area contributed by atoms with Gasteiger partial charge in [-0.2, -0.15) is 0 Å². The first kappa shape index (κ1) is 20.4. The molecule has 7 nitrogen and oxygen atoms in total. The molecule has 0 aromatic heterocycles. The molecule has 1 aliphatic rings. The van der Waals surface area contributed by atoms with Crippen LogP contribution in [0.2, 0.25) is 0 Å². The number of ether oxygens (including phenoxy) is 2. The van der Waals surface area contributed by atoms with E-state index in [9.17, 15) is 14.4 Å². The molecule has 2 amide bonds. The second-order valence-corrected chi connectivity index (χ2v) is 6.87. The summed E-state index contributed by atoms with van der Waals surface area (Å²) in [7, 11) is 1.28. The van der Waals surface area contributed by atoms with Gasteiger partial charge in [0.1, 0.15) is 24.4 Å². The van der Waals surface area contributed by atoms with Crippen molar-refractivity contribution >= 4 is 17.8 Å². The number of benzene rings is 2. The highest BCUT2D eigenvalue weighted by Gasteiger charge is 2.30. The van der Waals surface area contributed by atoms with E-state index < -0.39 is 18.1 Å². The lowest BCUT2D eigenvalue weighted by molar-refractivity contribution is -0.145. The van der Waals surface area contributed by atoms with E-state index in [1.807, 2.05) is 54.6 Å². The number of nitrogens with one attached hydrogen (secondary N) is 2. The number of amides is 2. The molecule has 2 aromatic carbocycles. The minimum Gasteiger partial charge on any atom is -0.489 e. The van der Waals surface area contributed by atoms with Gasteiger partial charge in [-0.3, -0.25) is 9.59 Å². The number of rotatable bonds is 8. The van der Waals surface area contributed by atoms with Gasteiger partial charge in [0.25, 0.3) is 0 Å². The molecular weight excluding hydrogens is 372 g/mol. The first-order valence-electron chi connectivity index (χ1n) is 9.48. The third-order valence-corrected chi connectivity index (χ3v) is 4.73. The molecule has 0 bridgehead atoms. The molecule has 2 aromatic rings. The van der Waals surface area contributed by atoms with Crippen LogP contribution in [0, 0.1) is 0 Å². The van der Waals surface area contributed by atoms with Crippen LogP contribution in [0.4, 0.5) is 0 Å². The van der Waals surface area contributed by atoms with Crippen LogP contribution in [-0.4, -0.2) is 37.0 Å². The summed E-state index contributed by atoms with van der Waals surface area (Å²) in [5, 5.41) is 5.28. The van der Waals surface area contributed by atoms with Crippen molar-refractivity contribution in [3.8, 4) is 5.75 Å². The minimum absolute atomic E-state index is 0.161. The predicted octanol–water partition coefficient (Wildman–Crippen LogP) is 1.74. The lowest BCUT2D eigenvalue weighted by Gasteiger charge is -2.19. The molecule has 0 aliphatic carbocycles. The quantitative estimate of drug-likeness (QED) is 0.663. The molecule has 152 valence electrons. The third kappa shape index (κ3) is 5.81. The fourth-order valence-electron chi connectivity index (χ4n) is 3.12. The van der Waals surface area contributed by atoms with Crippen LogP contribution in [-0.2, 0) is 32.1 Å². The standard InChI is InChI=1S/C22H24N2O5/c1-28-22(27)19(24-21(26)18-11-12-20(25)23-18)13-15-7-9-17(10-8-15)29-14-16-5-3-2-4-6-16/h2-10,18-19H,11-14H2,1H3,(H,23,25)(H,24,26)/t18-,19-/m0/s1. The van der Waals surface area contributed by atoms with E-state index in [4.69, 9.17) is 9.47 Å². The Hall–Kier alpha value is -3.35. The van der Waals surface area contributed by atoms with E-state index in [1.165, 1.54) is 7.11 Å². The maximum atomic E-state index is 12.3. The molecule has 0 spiro atoms. The van der Waals surface area contributed by atoms with Gasteiger partial charge in [0.05, 0.1) is 7.11 Å². The molecule has 1 saturated heterocycles. The van der Waals surface area contributed by atoms with Gasteiger partial charge in [0, 0.05) is 12.8 Å². The topological polar surface area (TPSA) is 93.7 Å². The Morgan fingerprint density at radius 1 is 1.10 bits per heavy atom. The van der Waals surface area contributed by atoms with Gasteiger partial charge in [-0.05, 0) is 29.7 Å². The van der Waals surface area contributed by atoms with Crippen molar-refractivity contribution in [2.24, 2.45) is 0 Å². The summed E-state index contributed by atoms with van der Waals surface area (Å²) in [6.45, 7) is 0.466. The molecule has 1 heterocycles. The molecule has 1 fully saturated rings. The molecule has 7 heteroatoms. The number of hydrogen-bond acceptors (Lipinski definition) is 5. The molecule has 2 N–H and O–H groups in total. The van der Waals surface area contributed by atoms with Gasteiger partial charge in [-0.25, -0.2) is 4.79 Å². The molecule has 0 unspecified atom stereocenters. The Kier molecular flexibility index (Phi) is 6.84. The zero-order valence-corrected chi connectivity index (χ0v) is 16.2. The van der Waals surface area contributed by atoms with Crippen LogP contribution in [0.15, 0.2) is 54.6 Å². The minimum atomic E-state index is -0.832. The molecule has 29 heavy (non-hydrogen) atoms. The van der Waals surface area contributed by atoms with Crippen LogP contribution in [0.1, 0.15) is 24.0 Å². The third-order valence-electron chi connectivity index (χ3n) is 4.73. The number of carbonyl (C=O) groups excluding carboxylic acids is 3. The van der Waals surface area contributed by atoms with Crippen LogP contribution in [0.25, 0.3) is 0 Å². The van der Waals surface area contributed by atoms with E-state index in [2.05, 4.69) is 10.6 Å². The Labute approximate surface area is 169 Å². The van der Waals surface area contributed by atoms with Gasteiger partial charge >= 0.3 is 5.97 Å². The molecule has 0 saturated carbocycles. The van der Waals surface area contributed by atoms with Crippen molar-refractivity contribution in [1.29, 1.82) is 0 Å². The summed E-state index contributed by atoms with van der Waals surface area (Å²) in [4.78, 5) is 35.7. The van der Waals surface area contributed by atoms with E-state index in [0.29, 0.717) is 25.2 Å². The van der Waals surface area contributed by atoms with E-state index in [-0.39, 0.29) is 18.2 Å². The number of hydrogen-bond donors (Lipinski definition) is 2. The van der Waals surface area contributed by atoms with Crippen LogP contribution in [0.3, 0.4) is 0 Å². The number of esters is 1. The van der Waals surface area contributed by atoms with Crippen molar-refractivity contribution in [3.05, 3.63) is 65.7 Å². The van der Waals surface area contributed by atoms with Crippen molar-refractivity contribution in [2.45, 2.75) is 38.0 Å². The van der Waals surface area contributed by atoms with Crippen molar-refractivity contribution in [3.63, 3.8) is 0 Å². The van der Waals surface area contributed by atoms with Gasteiger partial charge in [0.2, 0.25) is 11.8 Å². The van der Waals surface area contributed by atoms with Gasteiger partial charge in [-0.15, -0.1) is 0 Å². The average Bonchev–Trinajstić information content (AvgIpc) is 3.19. The van der Waals surface area contributed by atoms with Crippen LogP contribution >= 0.6 is 0 Å². The fourth-order valence-corrected chi connectivity index (χ4v) is 3.12. The average molecular weight is 396 g/mol. The molecule has 1 aliphatic heterocycles. The van der Waals surface area contributed by atoms with E-state index >= 15 is 0 Å². The highest BCUT2D eigenvalue weighted by atomic mass is 16.5. The SMILES string of the molecule is COC(=O)[C@H](Cc1ccc(OCc2ccccc2)cc1)NC(=O)[C@@H]1CCC(=O)N1. The van der Waals surface area contributed by atoms with Crippen LogP contribution < -0.4 is 15.4 Å². The normalized spacial score (nSPS) is 16.6. The van der Waals surface area contributed by atoms with Crippen LogP contribution in [0.5, 0.6) is 5.75 Å². The highest BCUT2D eigenvalue weighted by Crippen LogP contribution is 2.16. The molecule has 0 radical (unpaired) electrons. The van der Waals surface area contributed by atoms with Crippen molar-refractivity contribution in [2.75, 3.05) is 7.11 Å². The lowest BCUT2D eigenvalue weighted by Crippen LogP contribution is -2.49.